The van der Waals surface area contributed by atoms with Crippen molar-refractivity contribution in [2.45, 2.75) is 13.5 Å². The first-order chi connectivity index (χ1) is 9.08. The summed E-state index contributed by atoms with van der Waals surface area (Å²) in [5.74, 6) is 0.665. The summed E-state index contributed by atoms with van der Waals surface area (Å²) in [6.45, 7) is 2.59. The largest absolute Gasteiger partial charge is 0.389 e. The van der Waals surface area contributed by atoms with E-state index >= 15 is 0 Å². The summed E-state index contributed by atoms with van der Waals surface area (Å²) in [6, 6.07) is 7.69. The van der Waals surface area contributed by atoms with Crippen LogP contribution in [0.15, 0.2) is 30.5 Å². The first kappa shape index (κ1) is 13.4. The van der Waals surface area contributed by atoms with Crippen molar-refractivity contribution in [2.24, 2.45) is 5.73 Å². The maximum atomic E-state index is 5.69. The number of hydrogen-bond acceptors (Lipinski definition) is 5. The van der Waals surface area contributed by atoms with Crippen molar-refractivity contribution in [1.82, 2.24) is 15.2 Å². The SMILES string of the molecule is Cc1cccc(CN(C)c2nnccc2C(N)=S)n1. The van der Waals surface area contributed by atoms with Gasteiger partial charge in [0.15, 0.2) is 5.82 Å². The molecule has 0 bridgehead atoms. The third-order valence-electron chi connectivity index (χ3n) is 2.67. The molecule has 0 fully saturated rings. The van der Waals surface area contributed by atoms with Crippen molar-refractivity contribution >= 4 is 23.0 Å². The van der Waals surface area contributed by atoms with Crippen LogP contribution in [0.2, 0.25) is 0 Å². The van der Waals surface area contributed by atoms with Gasteiger partial charge in [0.2, 0.25) is 0 Å². The Morgan fingerprint density at radius 2 is 2.16 bits per heavy atom. The molecule has 0 aliphatic rings. The Morgan fingerprint density at radius 3 is 2.84 bits per heavy atom. The molecule has 0 atom stereocenters. The molecule has 0 unspecified atom stereocenters. The zero-order valence-electron chi connectivity index (χ0n) is 10.9. The van der Waals surface area contributed by atoms with E-state index in [9.17, 15) is 0 Å². The normalized spacial score (nSPS) is 10.2. The number of nitrogens with zero attached hydrogens (tertiary/aromatic N) is 4. The Hall–Kier alpha value is -2.08. The predicted molar refractivity (Wildman–Crippen MR) is 79.0 cm³/mol. The highest BCUT2D eigenvalue weighted by molar-refractivity contribution is 7.80. The number of aryl methyl sites for hydroxylation is 1. The summed E-state index contributed by atoms with van der Waals surface area (Å²) in [4.78, 5) is 6.71. The van der Waals surface area contributed by atoms with Crippen LogP contribution in [0.1, 0.15) is 17.0 Å². The van der Waals surface area contributed by atoms with Gasteiger partial charge in [0, 0.05) is 12.7 Å². The number of hydrogen-bond donors (Lipinski definition) is 1. The number of pyridine rings is 1. The maximum Gasteiger partial charge on any atom is 0.161 e. The van der Waals surface area contributed by atoms with E-state index < -0.39 is 0 Å². The Balaban J connectivity index is 2.25. The van der Waals surface area contributed by atoms with E-state index in [-0.39, 0.29) is 0 Å². The lowest BCUT2D eigenvalue weighted by Crippen LogP contribution is -2.23. The van der Waals surface area contributed by atoms with E-state index in [0.29, 0.717) is 17.4 Å². The summed E-state index contributed by atoms with van der Waals surface area (Å²) in [5.41, 5.74) is 8.36. The molecule has 2 N–H and O–H groups in total. The molecule has 0 spiro atoms. The van der Waals surface area contributed by atoms with Gasteiger partial charge in [-0.15, -0.1) is 5.10 Å². The van der Waals surface area contributed by atoms with Crippen molar-refractivity contribution in [1.29, 1.82) is 0 Å². The Bertz CT molecular complexity index is 599. The highest BCUT2D eigenvalue weighted by atomic mass is 32.1. The Labute approximate surface area is 117 Å². The van der Waals surface area contributed by atoms with Gasteiger partial charge in [0.05, 0.1) is 24.0 Å². The molecule has 0 saturated carbocycles. The monoisotopic (exact) mass is 273 g/mol. The van der Waals surface area contributed by atoms with Gasteiger partial charge in [-0.3, -0.25) is 4.98 Å². The third kappa shape index (κ3) is 3.23. The zero-order valence-corrected chi connectivity index (χ0v) is 11.7. The molecule has 0 radical (unpaired) electrons. The van der Waals surface area contributed by atoms with Crippen LogP contribution in [0.25, 0.3) is 0 Å². The summed E-state index contributed by atoms with van der Waals surface area (Å²) < 4.78 is 0. The lowest BCUT2D eigenvalue weighted by atomic mass is 10.2. The molecule has 2 aromatic rings. The van der Waals surface area contributed by atoms with Gasteiger partial charge in [0.25, 0.3) is 0 Å². The highest BCUT2D eigenvalue weighted by Crippen LogP contribution is 2.16. The van der Waals surface area contributed by atoms with E-state index in [1.807, 2.05) is 37.1 Å². The van der Waals surface area contributed by atoms with Gasteiger partial charge in [0.1, 0.15) is 4.99 Å². The van der Waals surface area contributed by atoms with Gasteiger partial charge in [-0.2, -0.15) is 5.10 Å². The second-order valence-corrected chi connectivity index (χ2v) is 4.70. The topological polar surface area (TPSA) is 67.9 Å². The van der Waals surface area contributed by atoms with Crippen molar-refractivity contribution in [2.75, 3.05) is 11.9 Å². The zero-order chi connectivity index (χ0) is 13.8. The van der Waals surface area contributed by atoms with E-state index in [1.165, 1.54) is 0 Å². The molecule has 0 saturated heterocycles. The lowest BCUT2D eigenvalue weighted by molar-refractivity contribution is 0.836. The van der Waals surface area contributed by atoms with Crippen LogP contribution in [0, 0.1) is 6.92 Å². The minimum absolute atomic E-state index is 0.314. The van der Waals surface area contributed by atoms with E-state index in [4.69, 9.17) is 18.0 Å². The molecule has 5 nitrogen and oxygen atoms in total. The number of nitrogens with two attached hydrogens (primary N) is 1. The Kier molecular flexibility index (Phi) is 4.01. The van der Waals surface area contributed by atoms with Crippen LogP contribution >= 0.6 is 12.2 Å². The van der Waals surface area contributed by atoms with Crippen molar-refractivity contribution in [3.05, 3.63) is 47.4 Å². The molecular weight excluding hydrogens is 258 g/mol. The number of aromatic nitrogens is 3. The third-order valence-corrected chi connectivity index (χ3v) is 2.89. The quantitative estimate of drug-likeness (QED) is 0.850. The second kappa shape index (κ2) is 5.71. The number of thiocarbonyl (C=S) groups is 1. The number of rotatable bonds is 4. The summed E-state index contributed by atoms with van der Waals surface area (Å²) >= 11 is 5.02. The Morgan fingerprint density at radius 1 is 1.37 bits per heavy atom. The van der Waals surface area contributed by atoms with E-state index in [0.717, 1.165) is 17.0 Å². The van der Waals surface area contributed by atoms with Crippen LogP contribution in [0.4, 0.5) is 5.82 Å². The summed E-state index contributed by atoms with van der Waals surface area (Å²) in [5, 5.41) is 7.98. The first-order valence-corrected chi connectivity index (χ1v) is 6.24. The van der Waals surface area contributed by atoms with Gasteiger partial charge in [-0.25, -0.2) is 0 Å². The van der Waals surface area contributed by atoms with E-state index in [2.05, 4.69) is 15.2 Å². The second-order valence-electron chi connectivity index (χ2n) is 4.26. The maximum absolute atomic E-state index is 5.69. The minimum atomic E-state index is 0.314. The van der Waals surface area contributed by atoms with Crippen molar-refractivity contribution in [3.63, 3.8) is 0 Å². The first-order valence-electron chi connectivity index (χ1n) is 5.83. The van der Waals surface area contributed by atoms with Crippen molar-refractivity contribution < 1.29 is 0 Å². The van der Waals surface area contributed by atoms with Crippen molar-refractivity contribution in [3.8, 4) is 0 Å². The molecule has 0 aliphatic heterocycles. The molecule has 0 aromatic carbocycles. The predicted octanol–water partition coefficient (Wildman–Crippen LogP) is 1.45. The highest BCUT2D eigenvalue weighted by Gasteiger charge is 2.12. The smallest absolute Gasteiger partial charge is 0.161 e. The molecule has 98 valence electrons. The molecular formula is C13H15N5S. The van der Waals surface area contributed by atoms with Crippen LogP contribution in [-0.2, 0) is 6.54 Å². The van der Waals surface area contributed by atoms with Crippen LogP contribution in [0.3, 0.4) is 0 Å². The van der Waals surface area contributed by atoms with Crippen LogP contribution in [0.5, 0.6) is 0 Å². The average Bonchev–Trinajstić information content (AvgIpc) is 2.38. The van der Waals surface area contributed by atoms with Gasteiger partial charge >= 0.3 is 0 Å². The van der Waals surface area contributed by atoms with Crippen LogP contribution < -0.4 is 10.6 Å². The molecule has 0 aliphatic carbocycles. The fourth-order valence-electron chi connectivity index (χ4n) is 1.80. The summed E-state index contributed by atoms with van der Waals surface area (Å²) in [6.07, 6.45) is 1.58. The lowest BCUT2D eigenvalue weighted by Gasteiger charge is -2.19. The molecule has 2 rings (SSSR count). The molecule has 2 aromatic heterocycles. The minimum Gasteiger partial charge on any atom is -0.389 e. The fourth-order valence-corrected chi connectivity index (χ4v) is 1.96. The molecule has 2 heterocycles. The van der Waals surface area contributed by atoms with Gasteiger partial charge in [-0.05, 0) is 25.1 Å². The fraction of sp³-hybridized carbons (Fsp3) is 0.231. The molecule has 19 heavy (non-hydrogen) atoms. The van der Waals surface area contributed by atoms with Gasteiger partial charge < -0.3 is 10.6 Å². The van der Waals surface area contributed by atoms with Crippen LogP contribution in [-0.4, -0.2) is 27.2 Å². The standard InChI is InChI=1S/C13H15N5S/c1-9-4-3-5-10(16-9)8-18(2)13-11(12(14)19)6-7-15-17-13/h3-7H,8H2,1-2H3,(H2,14,19). The molecule has 6 heteroatoms. The van der Waals surface area contributed by atoms with Gasteiger partial charge in [-0.1, -0.05) is 18.3 Å². The summed E-state index contributed by atoms with van der Waals surface area (Å²) in [7, 11) is 1.91. The average molecular weight is 273 g/mol. The van der Waals surface area contributed by atoms with E-state index in [1.54, 1.807) is 12.3 Å². The number of anilines is 1. The molecule has 0 amide bonds.